The summed E-state index contributed by atoms with van der Waals surface area (Å²) < 4.78 is 13.4. The average Bonchev–Trinajstić information content (AvgIpc) is 3.29. The summed E-state index contributed by atoms with van der Waals surface area (Å²) in [5.41, 5.74) is 0.982. The zero-order valence-corrected chi connectivity index (χ0v) is 17.6. The van der Waals surface area contributed by atoms with Gasteiger partial charge in [0.15, 0.2) is 0 Å². The van der Waals surface area contributed by atoms with Gasteiger partial charge in [-0.15, -0.1) is 10.2 Å². The van der Waals surface area contributed by atoms with Crippen molar-refractivity contribution >= 4 is 28.3 Å². The molecule has 3 rings (SSSR count). The lowest BCUT2D eigenvalue weighted by Gasteiger charge is -2.14. The first-order valence-corrected chi connectivity index (χ1v) is 10.9. The van der Waals surface area contributed by atoms with Crippen molar-refractivity contribution < 1.29 is 14.0 Å². The van der Waals surface area contributed by atoms with E-state index in [1.54, 1.807) is 12.1 Å². The molecule has 1 fully saturated rings. The Morgan fingerprint density at radius 2 is 2.00 bits per heavy atom. The Balaban J connectivity index is 1.38. The monoisotopic (exact) mass is 418 g/mol. The van der Waals surface area contributed by atoms with Crippen molar-refractivity contribution in [1.29, 1.82) is 0 Å². The van der Waals surface area contributed by atoms with Gasteiger partial charge in [0.2, 0.25) is 16.9 Å². The molecule has 0 aliphatic heterocycles. The van der Waals surface area contributed by atoms with E-state index < -0.39 is 0 Å². The number of aromatic nitrogens is 2. The number of nitrogens with zero attached hydrogens (tertiary/aromatic N) is 2. The van der Waals surface area contributed by atoms with E-state index in [0.29, 0.717) is 11.0 Å². The predicted octanol–water partition coefficient (Wildman–Crippen LogP) is 4.05. The molecule has 1 aromatic carbocycles. The third-order valence-electron chi connectivity index (χ3n) is 4.99. The fraction of sp³-hybridized carbons (Fsp3) is 0.524. The Morgan fingerprint density at radius 3 is 2.76 bits per heavy atom. The minimum atomic E-state index is -0.239. The molecule has 1 aromatic heterocycles. The summed E-state index contributed by atoms with van der Waals surface area (Å²) >= 11 is 1.37. The van der Waals surface area contributed by atoms with Crippen molar-refractivity contribution in [3.8, 4) is 0 Å². The molecule has 2 aromatic rings. The first kappa shape index (κ1) is 21.4. The summed E-state index contributed by atoms with van der Waals surface area (Å²) in [7, 11) is 0. The van der Waals surface area contributed by atoms with E-state index in [1.165, 1.54) is 17.4 Å². The van der Waals surface area contributed by atoms with Crippen LogP contribution in [0.5, 0.6) is 0 Å². The van der Waals surface area contributed by atoms with Gasteiger partial charge in [0.1, 0.15) is 10.8 Å². The van der Waals surface area contributed by atoms with E-state index in [2.05, 4.69) is 34.7 Å². The highest BCUT2D eigenvalue weighted by Crippen LogP contribution is 2.34. The second-order valence-corrected chi connectivity index (χ2v) is 9.04. The van der Waals surface area contributed by atoms with Crippen molar-refractivity contribution in [2.24, 2.45) is 5.92 Å². The minimum absolute atomic E-state index is 0.0700. The summed E-state index contributed by atoms with van der Waals surface area (Å²) in [5.74, 6) is 0.134. The van der Waals surface area contributed by atoms with Crippen LogP contribution in [0.3, 0.4) is 0 Å². The molecule has 156 valence electrons. The summed E-state index contributed by atoms with van der Waals surface area (Å²) in [6.07, 6.45) is 3.64. The summed E-state index contributed by atoms with van der Waals surface area (Å²) in [6, 6.07) is 6.73. The van der Waals surface area contributed by atoms with Crippen molar-refractivity contribution in [3.05, 3.63) is 40.7 Å². The van der Waals surface area contributed by atoms with Gasteiger partial charge in [-0.2, -0.15) is 0 Å². The van der Waals surface area contributed by atoms with Gasteiger partial charge >= 0.3 is 0 Å². The van der Waals surface area contributed by atoms with E-state index in [4.69, 9.17) is 0 Å². The maximum absolute atomic E-state index is 13.4. The molecule has 2 amide bonds. The number of nitrogens with one attached hydrogen (secondary N) is 2. The van der Waals surface area contributed by atoms with Gasteiger partial charge in [-0.1, -0.05) is 37.3 Å². The Morgan fingerprint density at radius 1 is 1.21 bits per heavy atom. The number of halogens is 1. The van der Waals surface area contributed by atoms with Crippen LogP contribution in [0, 0.1) is 11.7 Å². The Labute approximate surface area is 174 Å². The highest BCUT2D eigenvalue weighted by atomic mass is 32.1. The number of carbonyl (C=O) groups excluding carboxylic acids is 2. The molecule has 2 unspecified atom stereocenters. The maximum atomic E-state index is 13.4. The van der Waals surface area contributed by atoms with E-state index in [0.717, 1.165) is 36.3 Å². The van der Waals surface area contributed by atoms with Crippen molar-refractivity contribution in [2.75, 3.05) is 5.32 Å². The lowest BCUT2D eigenvalue weighted by atomic mass is 9.97. The highest BCUT2D eigenvalue weighted by Gasteiger charge is 2.27. The van der Waals surface area contributed by atoms with Crippen LogP contribution in [0.1, 0.15) is 62.4 Å². The normalized spacial score (nSPS) is 18.8. The zero-order chi connectivity index (χ0) is 20.8. The van der Waals surface area contributed by atoms with Gasteiger partial charge in [-0.3, -0.25) is 9.59 Å². The molecule has 0 spiro atoms. The van der Waals surface area contributed by atoms with Crippen LogP contribution in [0.4, 0.5) is 9.52 Å². The molecular weight excluding hydrogens is 391 g/mol. The SMILES string of the molecule is CC(C)Cc1nnc(NC(=O)CCC(=O)NC2CCC(c3cccc(F)c3)C2)s1. The highest BCUT2D eigenvalue weighted by molar-refractivity contribution is 7.15. The van der Waals surface area contributed by atoms with Crippen molar-refractivity contribution in [1.82, 2.24) is 15.5 Å². The molecule has 1 aliphatic rings. The van der Waals surface area contributed by atoms with Crippen LogP contribution >= 0.6 is 11.3 Å². The van der Waals surface area contributed by atoms with Gasteiger partial charge in [0.25, 0.3) is 0 Å². The molecule has 29 heavy (non-hydrogen) atoms. The number of amides is 2. The van der Waals surface area contributed by atoms with E-state index >= 15 is 0 Å². The van der Waals surface area contributed by atoms with Crippen LogP contribution < -0.4 is 10.6 Å². The first-order valence-electron chi connectivity index (χ1n) is 10.1. The molecule has 0 saturated heterocycles. The van der Waals surface area contributed by atoms with Crippen molar-refractivity contribution in [3.63, 3.8) is 0 Å². The van der Waals surface area contributed by atoms with E-state index in [1.807, 2.05) is 6.07 Å². The minimum Gasteiger partial charge on any atom is -0.353 e. The summed E-state index contributed by atoms with van der Waals surface area (Å²) in [6.45, 7) is 4.20. The molecule has 1 aliphatic carbocycles. The second-order valence-electron chi connectivity index (χ2n) is 7.98. The molecule has 0 radical (unpaired) electrons. The van der Waals surface area contributed by atoms with Crippen molar-refractivity contribution in [2.45, 2.75) is 64.3 Å². The third-order valence-corrected chi connectivity index (χ3v) is 5.85. The summed E-state index contributed by atoms with van der Waals surface area (Å²) in [5, 5.41) is 15.1. The molecule has 2 N–H and O–H groups in total. The molecule has 0 bridgehead atoms. The number of hydrogen-bond donors (Lipinski definition) is 2. The van der Waals surface area contributed by atoms with Crippen LogP contribution in [-0.2, 0) is 16.0 Å². The predicted molar refractivity (Wildman–Crippen MR) is 111 cm³/mol. The van der Waals surface area contributed by atoms with Gasteiger partial charge < -0.3 is 10.6 Å². The van der Waals surface area contributed by atoms with Crippen LogP contribution in [0.2, 0.25) is 0 Å². The van der Waals surface area contributed by atoms with Crippen LogP contribution in [-0.4, -0.2) is 28.1 Å². The third kappa shape index (κ3) is 6.59. The summed E-state index contributed by atoms with van der Waals surface area (Å²) in [4.78, 5) is 24.3. The Hall–Kier alpha value is -2.35. The topological polar surface area (TPSA) is 84.0 Å². The van der Waals surface area contributed by atoms with E-state index in [9.17, 15) is 14.0 Å². The zero-order valence-electron chi connectivity index (χ0n) is 16.8. The lowest BCUT2D eigenvalue weighted by molar-refractivity contribution is -0.124. The molecule has 8 heteroatoms. The van der Waals surface area contributed by atoms with Gasteiger partial charge in [0.05, 0.1) is 0 Å². The van der Waals surface area contributed by atoms with E-state index in [-0.39, 0.29) is 42.4 Å². The number of benzene rings is 1. The molecule has 6 nitrogen and oxygen atoms in total. The smallest absolute Gasteiger partial charge is 0.226 e. The number of hydrogen-bond acceptors (Lipinski definition) is 5. The largest absolute Gasteiger partial charge is 0.353 e. The fourth-order valence-corrected chi connectivity index (χ4v) is 4.59. The maximum Gasteiger partial charge on any atom is 0.226 e. The quantitative estimate of drug-likeness (QED) is 0.677. The second kappa shape index (κ2) is 9.91. The number of anilines is 1. The molecule has 2 atom stereocenters. The van der Waals surface area contributed by atoms with Crippen LogP contribution in [0.15, 0.2) is 24.3 Å². The first-order chi connectivity index (χ1) is 13.9. The number of rotatable bonds is 8. The number of carbonyl (C=O) groups is 2. The fourth-order valence-electron chi connectivity index (χ4n) is 3.62. The van der Waals surface area contributed by atoms with Gasteiger partial charge in [-0.25, -0.2) is 4.39 Å². The van der Waals surface area contributed by atoms with Gasteiger partial charge in [-0.05, 0) is 48.8 Å². The average molecular weight is 419 g/mol. The molecule has 1 heterocycles. The Kier molecular flexibility index (Phi) is 7.30. The standard InChI is InChI=1S/C21H27FN4O2S/c1-13(2)10-20-25-26-21(29-20)24-19(28)9-8-18(27)23-17-7-6-15(12-17)14-4-3-5-16(22)11-14/h3-5,11,13,15,17H,6-10,12H2,1-2H3,(H,23,27)(H,24,26,28). The molecule has 1 saturated carbocycles. The lowest BCUT2D eigenvalue weighted by Crippen LogP contribution is -2.33. The van der Waals surface area contributed by atoms with Crippen LogP contribution in [0.25, 0.3) is 0 Å². The Bertz CT molecular complexity index is 855. The molecular formula is C21H27FN4O2S. The van der Waals surface area contributed by atoms with Gasteiger partial charge in [0, 0.05) is 25.3 Å².